The Morgan fingerprint density at radius 3 is 2.15 bits per heavy atom. The molecule has 1 heterocycles. The number of alkyl halides is 2. The SMILES string of the molecule is CC1(C)CN(C(=O)C(F)(F)CNC(=O)OCC2c3ccccc3-c3ccccc32)C1C(=O)O. The van der Waals surface area contributed by atoms with Gasteiger partial charge in [0, 0.05) is 17.9 Å². The molecule has 0 spiro atoms. The second-order valence-corrected chi connectivity index (χ2v) is 9.05. The van der Waals surface area contributed by atoms with Crippen LogP contribution in [-0.4, -0.2) is 59.6 Å². The zero-order chi connectivity index (χ0) is 24.0. The molecule has 0 bridgehead atoms. The number of nitrogens with one attached hydrogen (secondary N) is 1. The van der Waals surface area contributed by atoms with Gasteiger partial charge in [-0.1, -0.05) is 62.4 Å². The van der Waals surface area contributed by atoms with E-state index in [2.05, 4.69) is 0 Å². The van der Waals surface area contributed by atoms with E-state index < -0.39 is 41.9 Å². The molecule has 1 unspecified atom stereocenters. The van der Waals surface area contributed by atoms with Crippen LogP contribution in [-0.2, 0) is 14.3 Å². The maximum atomic E-state index is 14.4. The molecule has 9 heteroatoms. The number of carbonyl (C=O) groups is 3. The van der Waals surface area contributed by atoms with E-state index in [4.69, 9.17) is 4.74 Å². The number of halogens is 2. The molecule has 2 aliphatic rings. The molecular weight excluding hydrogens is 434 g/mol. The maximum absolute atomic E-state index is 14.4. The van der Waals surface area contributed by atoms with Gasteiger partial charge >= 0.3 is 18.0 Å². The summed E-state index contributed by atoms with van der Waals surface area (Å²) in [7, 11) is 0. The summed E-state index contributed by atoms with van der Waals surface area (Å²) in [6.45, 7) is 1.72. The molecule has 1 aliphatic heterocycles. The lowest BCUT2D eigenvalue weighted by atomic mass is 9.74. The lowest BCUT2D eigenvalue weighted by molar-refractivity contribution is -0.186. The van der Waals surface area contributed by atoms with Gasteiger partial charge in [-0.25, -0.2) is 9.59 Å². The Hall–Kier alpha value is -3.49. The van der Waals surface area contributed by atoms with Crippen LogP contribution in [0.5, 0.6) is 0 Å². The summed E-state index contributed by atoms with van der Waals surface area (Å²) in [6, 6.07) is 14.1. The molecule has 33 heavy (non-hydrogen) atoms. The molecule has 0 radical (unpaired) electrons. The number of rotatable bonds is 6. The zero-order valence-electron chi connectivity index (χ0n) is 18.2. The van der Waals surface area contributed by atoms with Crippen molar-refractivity contribution >= 4 is 18.0 Å². The Kier molecular flexibility index (Phi) is 5.59. The Morgan fingerprint density at radius 1 is 1.09 bits per heavy atom. The van der Waals surface area contributed by atoms with Crippen molar-refractivity contribution in [1.29, 1.82) is 0 Å². The number of hydrogen-bond acceptors (Lipinski definition) is 4. The highest BCUT2D eigenvalue weighted by atomic mass is 19.3. The van der Waals surface area contributed by atoms with Gasteiger partial charge < -0.3 is 20.1 Å². The van der Waals surface area contributed by atoms with Gasteiger partial charge in [-0.05, 0) is 22.3 Å². The number of alkyl carbamates (subject to hydrolysis) is 1. The van der Waals surface area contributed by atoms with Gasteiger partial charge in [0.25, 0.3) is 5.91 Å². The standard InChI is InChI=1S/C24H24F2N2O5/c1-23(2)13-28(19(23)20(29)30)21(31)24(25,26)12-27-22(32)33-11-18-16-9-5-3-7-14(16)15-8-4-6-10-17(15)18/h3-10,18-19H,11-13H2,1-2H3,(H,27,32)(H,29,30). The number of amides is 2. The first kappa shape index (κ1) is 22.7. The van der Waals surface area contributed by atoms with Crippen molar-refractivity contribution in [3.8, 4) is 11.1 Å². The maximum Gasteiger partial charge on any atom is 0.407 e. The zero-order valence-corrected chi connectivity index (χ0v) is 18.2. The number of nitrogens with zero attached hydrogens (tertiary/aromatic N) is 1. The minimum Gasteiger partial charge on any atom is -0.480 e. The topological polar surface area (TPSA) is 95.9 Å². The van der Waals surface area contributed by atoms with Crippen LogP contribution >= 0.6 is 0 Å². The van der Waals surface area contributed by atoms with Crippen LogP contribution in [0.3, 0.4) is 0 Å². The number of hydrogen-bond donors (Lipinski definition) is 2. The second kappa shape index (κ2) is 8.13. The van der Waals surface area contributed by atoms with E-state index in [1.807, 2.05) is 53.8 Å². The first-order valence-corrected chi connectivity index (χ1v) is 10.5. The van der Waals surface area contributed by atoms with E-state index in [0.717, 1.165) is 22.3 Å². The summed E-state index contributed by atoms with van der Waals surface area (Å²) in [4.78, 5) is 36.4. The third-order valence-corrected chi connectivity index (χ3v) is 6.24. The van der Waals surface area contributed by atoms with Gasteiger partial charge in [0.15, 0.2) is 0 Å². The minimum absolute atomic E-state index is 0.0548. The summed E-state index contributed by atoms with van der Waals surface area (Å²) in [5.41, 5.74) is 3.21. The van der Waals surface area contributed by atoms with E-state index in [1.54, 1.807) is 13.8 Å². The fourth-order valence-electron chi connectivity index (χ4n) is 4.70. The highest BCUT2D eigenvalue weighted by Crippen LogP contribution is 2.44. The van der Waals surface area contributed by atoms with Crippen molar-refractivity contribution < 1.29 is 33.0 Å². The van der Waals surface area contributed by atoms with Crippen molar-refractivity contribution in [3.05, 3.63) is 59.7 Å². The third kappa shape index (κ3) is 4.03. The van der Waals surface area contributed by atoms with Gasteiger partial charge in [0.2, 0.25) is 0 Å². The number of carboxylic acid groups (broad SMARTS) is 1. The normalized spacial score (nSPS) is 18.7. The van der Waals surface area contributed by atoms with Crippen LogP contribution in [0.4, 0.5) is 13.6 Å². The first-order valence-electron chi connectivity index (χ1n) is 10.5. The minimum atomic E-state index is -3.96. The highest BCUT2D eigenvalue weighted by Gasteiger charge is 2.57. The molecule has 1 atom stereocenters. The molecule has 1 aliphatic carbocycles. The van der Waals surface area contributed by atoms with E-state index >= 15 is 0 Å². The second-order valence-electron chi connectivity index (χ2n) is 9.05. The lowest BCUT2D eigenvalue weighted by Crippen LogP contribution is -2.70. The van der Waals surface area contributed by atoms with Crippen LogP contribution in [0.25, 0.3) is 11.1 Å². The molecule has 2 aromatic carbocycles. The van der Waals surface area contributed by atoms with Crippen molar-refractivity contribution in [2.45, 2.75) is 31.7 Å². The number of carboxylic acids is 1. The van der Waals surface area contributed by atoms with Crippen LogP contribution < -0.4 is 5.32 Å². The van der Waals surface area contributed by atoms with Gasteiger partial charge in [0.1, 0.15) is 12.6 Å². The number of benzene rings is 2. The number of likely N-dealkylation sites (tertiary alicyclic amines) is 1. The van der Waals surface area contributed by atoms with Crippen LogP contribution in [0.2, 0.25) is 0 Å². The molecule has 2 N–H and O–H groups in total. The number of aliphatic carboxylic acids is 1. The molecule has 0 saturated carbocycles. The van der Waals surface area contributed by atoms with E-state index in [-0.39, 0.29) is 19.1 Å². The van der Waals surface area contributed by atoms with Crippen LogP contribution in [0.15, 0.2) is 48.5 Å². The summed E-state index contributed by atoms with van der Waals surface area (Å²) in [5.74, 6) is -7.17. The molecule has 2 aromatic rings. The average Bonchev–Trinajstić information content (AvgIpc) is 3.07. The molecule has 7 nitrogen and oxygen atoms in total. The van der Waals surface area contributed by atoms with Crippen molar-refractivity contribution in [2.75, 3.05) is 19.7 Å². The monoisotopic (exact) mass is 458 g/mol. The van der Waals surface area contributed by atoms with Gasteiger partial charge in [0.05, 0.1) is 6.54 Å². The van der Waals surface area contributed by atoms with E-state index in [9.17, 15) is 28.3 Å². The smallest absolute Gasteiger partial charge is 0.407 e. The Bertz CT molecular complexity index is 1070. The summed E-state index contributed by atoms with van der Waals surface area (Å²) in [5, 5.41) is 11.2. The molecular formula is C24H24F2N2O5. The largest absolute Gasteiger partial charge is 0.480 e. The van der Waals surface area contributed by atoms with Gasteiger partial charge in [-0.15, -0.1) is 0 Å². The molecule has 0 aromatic heterocycles. The molecule has 1 fully saturated rings. The lowest BCUT2D eigenvalue weighted by Gasteiger charge is -2.52. The number of fused-ring (bicyclic) bond motifs is 3. The Balaban J connectivity index is 1.35. The van der Waals surface area contributed by atoms with Crippen LogP contribution in [0, 0.1) is 5.41 Å². The predicted octanol–water partition coefficient (Wildman–Crippen LogP) is 3.48. The fraction of sp³-hybridized carbons (Fsp3) is 0.375. The first-order chi connectivity index (χ1) is 15.5. The van der Waals surface area contributed by atoms with Gasteiger partial charge in [-0.2, -0.15) is 8.78 Å². The Labute approximate surface area is 189 Å². The molecule has 2 amide bonds. The summed E-state index contributed by atoms with van der Waals surface area (Å²) >= 11 is 0. The third-order valence-electron chi connectivity index (χ3n) is 6.24. The average molecular weight is 458 g/mol. The summed E-state index contributed by atoms with van der Waals surface area (Å²) < 4.78 is 34.0. The predicted molar refractivity (Wildman–Crippen MR) is 115 cm³/mol. The quantitative estimate of drug-likeness (QED) is 0.691. The Morgan fingerprint density at radius 2 is 1.64 bits per heavy atom. The molecule has 4 rings (SSSR count). The van der Waals surface area contributed by atoms with Gasteiger partial charge in [-0.3, -0.25) is 4.79 Å². The summed E-state index contributed by atoms with van der Waals surface area (Å²) in [6.07, 6.45) is -1.08. The molecule has 1 saturated heterocycles. The number of carbonyl (C=O) groups excluding carboxylic acids is 2. The van der Waals surface area contributed by atoms with Crippen molar-refractivity contribution in [2.24, 2.45) is 5.41 Å². The van der Waals surface area contributed by atoms with Crippen LogP contribution in [0.1, 0.15) is 30.9 Å². The fourth-order valence-corrected chi connectivity index (χ4v) is 4.70. The molecule has 174 valence electrons. The van der Waals surface area contributed by atoms with Crippen molar-refractivity contribution in [1.82, 2.24) is 10.2 Å². The highest BCUT2D eigenvalue weighted by molar-refractivity contribution is 5.91. The number of ether oxygens (including phenoxy) is 1. The van der Waals surface area contributed by atoms with Crippen molar-refractivity contribution in [3.63, 3.8) is 0 Å². The van der Waals surface area contributed by atoms with E-state index in [1.165, 1.54) is 0 Å². The van der Waals surface area contributed by atoms with E-state index in [0.29, 0.717) is 4.90 Å².